The van der Waals surface area contributed by atoms with Gasteiger partial charge in [0.05, 0.1) is 6.04 Å². The lowest BCUT2D eigenvalue weighted by molar-refractivity contribution is 0.267. The third kappa shape index (κ3) is 3.92. The summed E-state index contributed by atoms with van der Waals surface area (Å²) in [6.45, 7) is 0.322. The van der Waals surface area contributed by atoms with Crippen LogP contribution < -0.4 is 16.0 Å². The van der Waals surface area contributed by atoms with Crippen LogP contribution in [0.5, 0.6) is 5.75 Å². The first-order valence-corrected chi connectivity index (χ1v) is 6.17. The summed E-state index contributed by atoms with van der Waals surface area (Å²) < 4.78 is 18.5. The van der Waals surface area contributed by atoms with Gasteiger partial charge in [0.25, 0.3) is 0 Å². The summed E-state index contributed by atoms with van der Waals surface area (Å²) in [5.41, 5.74) is 3.49. The van der Waals surface area contributed by atoms with Crippen molar-refractivity contribution in [2.75, 3.05) is 6.61 Å². The molecule has 0 aliphatic heterocycles. The van der Waals surface area contributed by atoms with Gasteiger partial charge in [-0.15, -0.1) is 0 Å². The van der Waals surface area contributed by atoms with E-state index >= 15 is 0 Å². The Morgan fingerprint density at radius 2 is 1.95 bits per heavy atom. The maximum atomic E-state index is 12.9. The number of nitrogens with one attached hydrogen (secondary N) is 1. The molecule has 0 aromatic heterocycles. The molecule has 3 N–H and O–H groups in total. The van der Waals surface area contributed by atoms with Crippen LogP contribution >= 0.6 is 11.6 Å². The molecule has 2 aromatic rings. The van der Waals surface area contributed by atoms with E-state index in [0.29, 0.717) is 17.4 Å². The highest BCUT2D eigenvalue weighted by Crippen LogP contribution is 2.19. The van der Waals surface area contributed by atoms with Crippen molar-refractivity contribution in [2.45, 2.75) is 6.04 Å². The third-order valence-electron chi connectivity index (χ3n) is 2.69. The van der Waals surface area contributed by atoms with Crippen molar-refractivity contribution < 1.29 is 9.13 Å². The van der Waals surface area contributed by atoms with E-state index < -0.39 is 0 Å². The standard InChI is InChI=1S/C14H14ClFN2O/c15-11-2-1-3-13(8-11)19-9-14(18-17)10-4-6-12(16)7-5-10/h1-8,14,18H,9,17H2. The number of nitrogens with two attached hydrogens (primary N) is 1. The summed E-state index contributed by atoms with van der Waals surface area (Å²) in [5, 5.41) is 0.608. The zero-order valence-electron chi connectivity index (χ0n) is 10.1. The largest absolute Gasteiger partial charge is 0.492 e. The van der Waals surface area contributed by atoms with Gasteiger partial charge in [0.2, 0.25) is 0 Å². The quantitative estimate of drug-likeness (QED) is 0.654. The van der Waals surface area contributed by atoms with Gasteiger partial charge in [0, 0.05) is 5.02 Å². The topological polar surface area (TPSA) is 47.3 Å². The molecule has 0 saturated carbocycles. The fourth-order valence-corrected chi connectivity index (χ4v) is 1.85. The molecular formula is C14H14ClFN2O. The Labute approximate surface area is 116 Å². The number of halogens is 2. The lowest BCUT2D eigenvalue weighted by Crippen LogP contribution is -2.32. The van der Waals surface area contributed by atoms with Gasteiger partial charge in [-0.3, -0.25) is 5.84 Å². The number of benzene rings is 2. The van der Waals surface area contributed by atoms with Gasteiger partial charge in [-0.2, -0.15) is 0 Å². The van der Waals surface area contributed by atoms with Crippen molar-refractivity contribution in [3.05, 3.63) is 64.9 Å². The molecule has 100 valence electrons. The van der Waals surface area contributed by atoms with Crippen LogP contribution in [0.4, 0.5) is 4.39 Å². The summed E-state index contributed by atoms with van der Waals surface area (Å²) >= 11 is 5.87. The van der Waals surface area contributed by atoms with Crippen molar-refractivity contribution >= 4 is 11.6 Å². The van der Waals surface area contributed by atoms with Crippen LogP contribution in [0.15, 0.2) is 48.5 Å². The van der Waals surface area contributed by atoms with Crippen LogP contribution in [0, 0.1) is 5.82 Å². The molecule has 0 fully saturated rings. The van der Waals surface area contributed by atoms with Crippen molar-refractivity contribution in [3.8, 4) is 5.75 Å². The maximum absolute atomic E-state index is 12.9. The second-order valence-electron chi connectivity index (χ2n) is 4.04. The van der Waals surface area contributed by atoms with Crippen LogP contribution in [-0.2, 0) is 0 Å². The number of hydrogen-bond donors (Lipinski definition) is 2. The van der Waals surface area contributed by atoms with Gasteiger partial charge in [0.15, 0.2) is 0 Å². The summed E-state index contributed by atoms with van der Waals surface area (Å²) in [5.74, 6) is 5.87. The van der Waals surface area contributed by atoms with Gasteiger partial charge in [-0.1, -0.05) is 29.8 Å². The maximum Gasteiger partial charge on any atom is 0.123 e. The average Bonchev–Trinajstić information content (AvgIpc) is 2.41. The molecule has 2 aromatic carbocycles. The Morgan fingerprint density at radius 3 is 2.58 bits per heavy atom. The van der Waals surface area contributed by atoms with Crippen molar-refractivity contribution in [1.29, 1.82) is 0 Å². The van der Waals surface area contributed by atoms with Gasteiger partial charge < -0.3 is 4.74 Å². The molecule has 0 aliphatic rings. The fourth-order valence-electron chi connectivity index (χ4n) is 1.67. The van der Waals surface area contributed by atoms with E-state index in [4.69, 9.17) is 22.2 Å². The number of ether oxygens (including phenoxy) is 1. The van der Waals surface area contributed by atoms with Gasteiger partial charge in [0.1, 0.15) is 18.2 Å². The molecule has 2 rings (SSSR count). The second kappa shape index (κ2) is 6.52. The van der Waals surface area contributed by atoms with Crippen LogP contribution in [0.2, 0.25) is 5.02 Å². The minimum atomic E-state index is -0.282. The summed E-state index contributed by atoms with van der Waals surface area (Å²) in [4.78, 5) is 0. The molecule has 0 spiro atoms. The van der Waals surface area contributed by atoms with Crippen LogP contribution in [0.25, 0.3) is 0 Å². The normalized spacial score (nSPS) is 12.2. The first-order chi connectivity index (χ1) is 9.19. The molecule has 19 heavy (non-hydrogen) atoms. The van der Waals surface area contributed by atoms with Crippen molar-refractivity contribution in [2.24, 2.45) is 5.84 Å². The van der Waals surface area contributed by atoms with Crippen molar-refractivity contribution in [1.82, 2.24) is 5.43 Å². The summed E-state index contributed by atoms with van der Waals surface area (Å²) in [6, 6.07) is 13.0. The van der Waals surface area contributed by atoms with E-state index in [9.17, 15) is 4.39 Å². The number of hydrazine groups is 1. The smallest absolute Gasteiger partial charge is 0.123 e. The second-order valence-corrected chi connectivity index (χ2v) is 4.48. The Kier molecular flexibility index (Phi) is 4.74. The van der Waals surface area contributed by atoms with Crippen molar-refractivity contribution in [3.63, 3.8) is 0 Å². The van der Waals surface area contributed by atoms with Crippen LogP contribution in [0.3, 0.4) is 0 Å². The van der Waals surface area contributed by atoms with Crippen LogP contribution in [0.1, 0.15) is 11.6 Å². The summed E-state index contributed by atoms with van der Waals surface area (Å²) in [7, 11) is 0. The molecule has 0 amide bonds. The molecule has 0 bridgehead atoms. The molecule has 0 heterocycles. The molecule has 1 atom stereocenters. The lowest BCUT2D eigenvalue weighted by atomic mass is 10.1. The SMILES string of the molecule is NNC(COc1cccc(Cl)c1)c1ccc(F)cc1. The number of rotatable bonds is 5. The molecule has 0 radical (unpaired) electrons. The van der Waals surface area contributed by atoms with E-state index in [1.807, 2.05) is 6.07 Å². The van der Waals surface area contributed by atoms with Gasteiger partial charge in [-0.05, 0) is 35.9 Å². The molecule has 1 unspecified atom stereocenters. The highest BCUT2D eigenvalue weighted by molar-refractivity contribution is 6.30. The predicted molar refractivity (Wildman–Crippen MR) is 73.4 cm³/mol. The zero-order chi connectivity index (χ0) is 13.7. The minimum Gasteiger partial charge on any atom is -0.492 e. The highest BCUT2D eigenvalue weighted by Gasteiger charge is 2.10. The first kappa shape index (κ1) is 13.8. The van der Waals surface area contributed by atoms with Crippen LogP contribution in [-0.4, -0.2) is 6.61 Å². The molecular weight excluding hydrogens is 267 g/mol. The summed E-state index contributed by atoms with van der Waals surface area (Å²) in [6.07, 6.45) is 0. The van der Waals surface area contributed by atoms with E-state index in [1.54, 1.807) is 30.3 Å². The average molecular weight is 281 g/mol. The first-order valence-electron chi connectivity index (χ1n) is 5.79. The van der Waals surface area contributed by atoms with E-state index in [2.05, 4.69) is 5.43 Å². The molecule has 5 heteroatoms. The Morgan fingerprint density at radius 1 is 1.21 bits per heavy atom. The zero-order valence-corrected chi connectivity index (χ0v) is 10.9. The van der Waals surface area contributed by atoms with Gasteiger partial charge >= 0.3 is 0 Å². The Hall–Kier alpha value is -1.62. The number of hydrogen-bond acceptors (Lipinski definition) is 3. The molecule has 0 aliphatic carbocycles. The van der Waals surface area contributed by atoms with E-state index in [1.165, 1.54) is 12.1 Å². The fraction of sp³-hybridized carbons (Fsp3) is 0.143. The Bertz CT molecular complexity index is 533. The monoisotopic (exact) mass is 280 g/mol. The minimum absolute atomic E-state index is 0.223. The Balaban J connectivity index is 2.01. The van der Waals surface area contributed by atoms with Gasteiger partial charge in [-0.25, -0.2) is 9.82 Å². The lowest BCUT2D eigenvalue weighted by Gasteiger charge is -2.17. The third-order valence-corrected chi connectivity index (χ3v) is 2.92. The predicted octanol–water partition coefficient (Wildman–Crippen LogP) is 3.06. The van der Waals surface area contributed by atoms with E-state index in [0.717, 1.165) is 5.56 Å². The highest BCUT2D eigenvalue weighted by atomic mass is 35.5. The van der Waals surface area contributed by atoms with E-state index in [-0.39, 0.29) is 11.9 Å². The molecule has 0 saturated heterocycles. The molecule has 3 nitrogen and oxygen atoms in total.